The van der Waals surface area contributed by atoms with E-state index >= 15 is 0 Å². The summed E-state index contributed by atoms with van der Waals surface area (Å²) in [6, 6.07) is 11.0. The van der Waals surface area contributed by atoms with Crippen molar-refractivity contribution < 1.29 is 24.5 Å². The second-order valence-electron chi connectivity index (χ2n) is 7.42. The van der Waals surface area contributed by atoms with Crippen molar-refractivity contribution >= 4 is 22.9 Å². The maximum atomic E-state index is 13.2. The van der Waals surface area contributed by atoms with Gasteiger partial charge in [0.05, 0.1) is 28.9 Å². The van der Waals surface area contributed by atoms with E-state index < -0.39 is 11.6 Å². The van der Waals surface area contributed by atoms with Gasteiger partial charge in [-0.05, 0) is 42.3 Å². The van der Waals surface area contributed by atoms with Gasteiger partial charge in [0.25, 0.3) is 0 Å². The molecule has 0 fully saturated rings. The molecule has 0 aliphatic heterocycles. The number of phenols is 2. The molecule has 0 saturated heterocycles. The summed E-state index contributed by atoms with van der Waals surface area (Å²) in [6.45, 7) is 2.69. The van der Waals surface area contributed by atoms with Crippen molar-refractivity contribution in [1.29, 1.82) is 0 Å². The van der Waals surface area contributed by atoms with Crippen molar-refractivity contribution in [3.63, 3.8) is 0 Å². The minimum atomic E-state index is -0.663. The standard InChI is InChI=1S/C24H22N2O5/c1-2-3-10-31-13-6-4-12(5-7-13)14-11-16(26)19-21(22(14)28)24(30)18-15(25)8-9-17(27)20(18)23(19)29/h4-9,11,27-28H,2-3,10,25-26H2,1H3. The van der Waals surface area contributed by atoms with Crippen LogP contribution in [0.4, 0.5) is 11.4 Å². The molecule has 3 aromatic rings. The third-order valence-corrected chi connectivity index (χ3v) is 5.39. The monoisotopic (exact) mass is 418 g/mol. The van der Waals surface area contributed by atoms with Gasteiger partial charge in [0, 0.05) is 16.9 Å². The van der Waals surface area contributed by atoms with Gasteiger partial charge >= 0.3 is 0 Å². The lowest BCUT2D eigenvalue weighted by Gasteiger charge is -2.23. The smallest absolute Gasteiger partial charge is 0.200 e. The van der Waals surface area contributed by atoms with Gasteiger partial charge in [0.1, 0.15) is 17.2 Å². The molecule has 31 heavy (non-hydrogen) atoms. The average molecular weight is 418 g/mol. The molecule has 1 aliphatic carbocycles. The lowest BCUT2D eigenvalue weighted by atomic mass is 9.80. The number of carbonyl (C=O) groups is 2. The Balaban J connectivity index is 1.82. The number of hydrogen-bond donors (Lipinski definition) is 4. The summed E-state index contributed by atoms with van der Waals surface area (Å²) in [5, 5.41) is 21.1. The molecule has 0 heterocycles. The van der Waals surface area contributed by atoms with Gasteiger partial charge in [0.15, 0.2) is 0 Å². The SMILES string of the molecule is CCCCOc1ccc(-c2cc(N)c3c(c2O)C(=O)c2c(N)ccc(O)c2C3=O)cc1. The Hall–Kier alpha value is -4.00. The highest BCUT2D eigenvalue weighted by molar-refractivity contribution is 6.33. The van der Waals surface area contributed by atoms with Gasteiger partial charge in [0.2, 0.25) is 11.6 Å². The number of unbranched alkanes of at least 4 members (excludes halogenated alkanes) is 1. The van der Waals surface area contributed by atoms with Gasteiger partial charge in [-0.1, -0.05) is 25.5 Å². The number of benzene rings is 3. The molecule has 1 aliphatic rings. The highest BCUT2D eigenvalue weighted by atomic mass is 16.5. The van der Waals surface area contributed by atoms with E-state index in [2.05, 4.69) is 6.92 Å². The van der Waals surface area contributed by atoms with Crippen LogP contribution in [0.15, 0.2) is 42.5 Å². The molecule has 0 aromatic heterocycles. The molecule has 0 atom stereocenters. The van der Waals surface area contributed by atoms with Crippen LogP contribution in [0.25, 0.3) is 11.1 Å². The summed E-state index contributed by atoms with van der Waals surface area (Å²) in [5.74, 6) is -1.37. The lowest BCUT2D eigenvalue weighted by molar-refractivity contribution is 0.0975. The lowest BCUT2D eigenvalue weighted by Crippen LogP contribution is -2.24. The zero-order valence-corrected chi connectivity index (χ0v) is 16.9. The highest BCUT2D eigenvalue weighted by Crippen LogP contribution is 2.45. The van der Waals surface area contributed by atoms with Gasteiger partial charge < -0.3 is 26.4 Å². The van der Waals surface area contributed by atoms with Crippen molar-refractivity contribution in [3.05, 3.63) is 64.7 Å². The molecule has 0 spiro atoms. The summed E-state index contributed by atoms with van der Waals surface area (Å²) >= 11 is 0. The van der Waals surface area contributed by atoms with E-state index in [4.69, 9.17) is 16.2 Å². The molecular formula is C24H22N2O5. The summed E-state index contributed by atoms with van der Waals surface area (Å²) in [5.41, 5.74) is 12.3. The Morgan fingerprint density at radius 2 is 1.48 bits per heavy atom. The first-order chi connectivity index (χ1) is 14.8. The molecule has 0 saturated carbocycles. The summed E-state index contributed by atoms with van der Waals surface area (Å²) < 4.78 is 5.65. The predicted molar refractivity (Wildman–Crippen MR) is 118 cm³/mol. The van der Waals surface area contributed by atoms with Crippen molar-refractivity contribution in [2.24, 2.45) is 0 Å². The molecule has 4 rings (SSSR count). The number of fused-ring (bicyclic) bond motifs is 2. The molecular weight excluding hydrogens is 396 g/mol. The quantitative estimate of drug-likeness (QED) is 0.219. The minimum Gasteiger partial charge on any atom is -0.507 e. The summed E-state index contributed by atoms with van der Waals surface area (Å²) in [4.78, 5) is 26.2. The minimum absolute atomic E-state index is 0.0249. The maximum absolute atomic E-state index is 13.2. The third-order valence-electron chi connectivity index (χ3n) is 5.39. The van der Waals surface area contributed by atoms with Gasteiger partial charge in [-0.15, -0.1) is 0 Å². The summed E-state index contributed by atoms with van der Waals surface area (Å²) in [7, 11) is 0. The van der Waals surface area contributed by atoms with Crippen LogP contribution in [0.5, 0.6) is 17.2 Å². The Kier molecular flexibility index (Phi) is 5.02. The van der Waals surface area contributed by atoms with Crippen molar-refractivity contribution in [2.45, 2.75) is 19.8 Å². The van der Waals surface area contributed by atoms with Crippen LogP contribution in [-0.4, -0.2) is 28.4 Å². The number of phenolic OH excluding ortho intramolecular Hbond substituents is 2. The molecule has 0 radical (unpaired) electrons. The molecule has 7 heteroatoms. The zero-order valence-electron chi connectivity index (χ0n) is 16.9. The van der Waals surface area contributed by atoms with Crippen molar-refractivity contribution in [3.8, 4) is 28.4 Å². The molecule has 0 bridgehead atoms. The number of nitrogens with two attached hydrogens (primary N) is 2. The maximum Gasteiger partial charge on any atom is 0.200 e. The van der Waals surface area contributed by atoms with E-state index in [0.717, 1.165) is 12.8 Å². The van der Waals surface area contributed by atoms with E-state index in [-0.39, 0.29) is 45.1 Å². The Labute approximate surface area is 178 Å². The fraction of sp³-hybridized carbons (Fsp3) is 0.167. The molecule has 3 aromatic carbocycles. The fourth-order valence-electron chi connectivity index (χ4n) is 3.78. The number of ketones is 2. The second-order valence-corrected chi connectivity index (χ2v) is 7.42. The Bertz CT molecular complexity index is 1220. The number of hydrogen-bond acceptors (Lipinski definition) is 7. The fourth-order valence-corrected chi connectivity index (χ4v) is 3.78. The number of carbonyl (C=O) groups excluding carboxylic acids is 2. The number of nitrogen functional groups attached to an aromatic ring is 2. The Morgan fingerprint density at radius 3 is 2.16 bits per heavy atom. The zero-order chi connectivity index (χ0) is 22.3. The van der Waals surface area contributed by atoms with Crippen LogP contribution in [0.3, 0.4) is 0 Å². The van der Waals surface area contributed by atoms with Crippen LogP contribution >= 0.6 is 0 Å². The van der Waals surface area contributed by atoms with Gasteiger partial charge in [-0.2, -0.15) is 0 Å². The van der Waals surface area contributed by atoms with E-state index in [1.807, 2.05) is 0 Å². The largest absolute Gasteiger partial charge is 0.507 e. The molecule has 6 N–H and O–H groups in total. The van der Waals surface area contributed by atoms with Crippen LogP contribution < -0.4 is 16.2 Å². The molecule has 0 unspecified atom stereocenters. The predicted octanol–water partition coefficient (Wildman–Crippen LogP) is 3.88. The Morgan fingerprint density at radius 1 is 0.839 bits per heavy atom. The average Bonchev–Trinajstić information content (AvgIpc) is 2.75. The van der Waals surface area contributed by atoms with Crippen LogP contribution in [0.1, 0.15) is 51.6 Å². The van der Waals surface area contributed by atoms with E-state index in [0.29, 0.717) is 23.5 Å². The topological polar surface area (TPSA) is 136 Å². The number of ether oxygens (including phenoxy) is 1. The number of aromatic hydroxyl groups is 2. The normalized spacial score (nSPS) is 12.4. The second kappa shape index (κ2) is 7.68. The van der Waals surface area contributed by atoms with Crippen molar-refractivity contribution in [2.75, 3.05) is 18.1 Å². The highest BCUT2D eigenvalue weighted by Gasteiger charge is 2.38. The third kappa shape index (κ3) is 3.24. The van der Waals surface area contributed by atoms with Crippen LogP contribution in [-0.2, 0) is 0 Å². The van der Waals surface area contributed by atoms with Gasteiger partial charge in [-0.25, -0.2) is 0 Å². The number of rotatable bonds is 5. The first-order valence-corrected chi connectivity index (χ1v) is 9.94. The number of anilines is 2. The van der Waals surface area contributed by atoms with E-state index in [1.165, 1.54) is 18.2 Å². The van der Waals surface area contributed by atoms with Gasteiger partial charge in [-0.3, -0.25) is 9.59 Å². The van der Waals surface area contributed by atoms with Crippen LogP contribution in [0.2, 0.25) is 0 Å². The first kappa shape index (κ1) is 20.3. The molecule has 7 nitrogen and oxygen atoms in total. The van der Waals surface area contributed by atoms with E-state index in [9.17, 15) is 19.8 Å². The first-order valence-electron chi connectivity index (χ1n) is 9.94. The summed E-state index contributed by atoms with van der Waals surface area (Å²) in [6.07, 6.45) is 1.97. The molecule has 0 amide bonds. The molecule has 158 valence electrons. The van der Waals surface area contributed by atoms with E-state index in [1.54, 1.807) is 24.3 Å². The van der Waals surface area contributed by atoms with Crippen molar-refractivity contribution in [1.82, 2.24) is 0 Å². The van der Waals surface area contributed by atoms with Crippen LogP contribution in [0, 0.1) is 0 Å².